The Morgan fingerprint density at radius 1 is 1.05 bits per heavy atom. The third-order valence-electron chi connectivity index (χ3n) is 2.84. The minimum Gasteiger partial charge on any atom is -0.455 e. The molecule has 3 aromatic rings. The first-order chi connectivity index (χ1) is 9.63. The van der Waals surface area contributed by atoms with E-state index in [9.17, 15) is 0 Å². The van der Waals surface area contributed by atoms with Crippen molar-refractivity contribution in [2.45, 2.75) is 0 Å². The van der Waals surface area contributed by atoms with Gasteiger partial charge < -0.3 is 10.5 Å². The molecule has 0 aliphatic heterocycles. The summed E-state index contributed by atoms with van der Waals surface area (Å²) in [6.45, 7) is 0. The highest BCUT2D eigenvalue weighted by atomic mass is 79.9. The number of anilines is 1. The maximum Gasteiger partial charge on any atom is 0.146 e. The number of ether oxygens (including phenoxy) is 1. The Kier molecular flexibility index (Phi) is 3.51. The van der Waals surface area contributed by atoms with E-state index < -0.39 is 0 Å². The Hall–Kier alpha value is -1.78. The second-order valence-corrected chi connectivity index (χ2v) is 5.59. The molecule has 0 saturated heterocycles. The molecule has 1 heterocycles. The number of nitrogen functional groups attached to an aromatic ring is 1. The van der Waals surface area contributed by atoms with Crippen molar-refractivity contribution < 1.29 is 4.74 Å². The molecule has 100 valence electrons. The number of rotatable bonds is 2. The molecule has 0 unspecified atom stereocenters. The summed E-state index contributed by atoms with van der Waals surface area (Å²) in [6, 6.07) is 12.8. The van der Waals surface area contributed by atoms with Crippen LogP contribution in [0.2, 0.25) is 5.02 Å². The molecule has 0 atom stereocenters. The Balaban J connectivity index is 2.06. The monoisotopic (exact) mass is 348 g/mol. The van der Waals surface area contributed by atoms with E-state index in [2.05, 4.69) is 20.9 Å². The van der Waals surface area contributed by atoms with Gasteiger partial charge in [-0.1, -0.05) is 27.5 Å². The van der Waals surface area contributed by atoms with E-state index in [1.165, 1.54) is 0 Å². The Labute approximate surface area is 129 Å². The molecule has 2 N–H and O–H groups in total. The van der Waals surface area contributed by atoms with Crippen molar-refractivity contribution in [2.75, 3.05) is 5.73 Å². The number of halogens is 2. The number of nitrogens with zero attached hydrogens (tertiary/aromatic N) is 1. The lowest BCUT2D eigenvalue weighted by Gasteiger charge is -2.10. The van der Waals surface area contributed by atoms with E-state index in [0.29, 0.717) is 22.2 Å². The van der Waals surface area contributed by atoms with Crippen LogP contribution in [0, 0.1) is 0 Å². The normalized spacial score (nSPS) is 10.7. The fourth-order valence-corrected chi connectivity index (χ4v) is 2.62. The average Bonchev–Trinajstić information content (AvgIpc) is 2.41. The van der Waals surface area contributed by atoms with Crippen LogP contribution in [0.1, 0.15) is 0 Å². The first-order valence-corrected chi connectivity index (χ1v) is 7.08. The fraction of sp³-hybridized carbons (Fsp3) is 0. The van der Waals surface area contributed by atoms with Crippen LogP contribution in [0.3, 0.4) is 0 Å². The molecular formula is C15H10BrClN2O. The number of nitrogens with two attached hydrogens (primary N) is 1. The zero-order chi connectivity index (χ0) is 14.1. The van der Waals surface area contributed by atoms with Crippen LogP contribution in [0.5, 0.6) is 11.5 Å². The number of pyridine rings is 1. The van der Waals surface area contributed by atoms with Crippen LogP contribution in [0.25, 0.3) is 10.9 Å². The lowest BCUT2D eigenvalue weighted by atomic mass is 10.2. The Bertz CT molecular complexity index is 792. The van der Waals surface area contributed by atoms with E-state index in [1.54, 1.807) is 18.3 Å². The highest BCUT2D eigenvalue weighted by Gasteiger charge is 2.08. The molecule has 0 aliphatic carbocycles. The van der Waals surface area contributed by atoms with Crippen LogP contribution in [-0.2, 0) is 0 Å². The summed E-state index contributed by atoms with van der Waals surface area (Å²) in [5.74, 6) is 1.29. The lowest BCUT2D eigenvalue weighted by molar-refractivity contribution is 0.488. The molecule has 5 heteroatoms. The van der Waals surface area contributed by atoms with E-state index >= 15 is 0 Å². The van der Waals surface area contributed by atoms with Gasteiger partial charge in [-0.25, -0.2) is 0 Å². The average molecular weight is 350 g/mol. The SMILES string of the molecule is Nc1ccc2c(Oc3ccc(Br)cc3Cl)ccnc2c1. The van der Waals surface area contributed by atoms with Crippen molar-refractivity contribution in [3.05, 3.63) is 58.2 Å². The number of fused-ring (bicyclic) bond motifs is 1. The summed E-state index contributed by atoms with van der Waals surface area (Å²) in [6.07, 6.45) is 1.68. The van der Waals surface area contributed by atoms with Gasteiger partial charge in [0.25, 0.3) is 0 Å². The minimum atomic E-state index is 0.541. The lowest BCUT2D eigenvalue weighted by Crippen LogP contribution is -1.90. The van der Waals surface area contributed by atoms with Gasteiger partial charge in [-0.15, -0.1) is 0 Å². The molecule has 0 fully saturated rings. The van der Waals surface area contributed by atoms with Gasteiger partial charge in [0.05, 0.1) is 10.5 Å². The molecule has 3 rings (SSSR count). The largest absolute Gasteiger partial charge is 0.455 e. The van der Waals surface area contributed by atoms with E-state index in [4.69, 9.17) is 22.1 Å². The molecule has 1 aromatic heterocycles. The summed E-state index contributed by atoms with van der Waals surface area (Å²) in [5.41, 5.74) is 7.22. The van der Waals surface area contributed by atoms with Crippen LogP contribution in [0.15, 0.2) is 53.1 Å². The molecule has 0 bridgehead atoms. The number of hydrogen-bond donors (Lipinski definition) is 1. The Morgan fingerprint density at radius 3 is 2.70 bits per heavy atom. The van der Waals surface area contributed by atoms with Crippen molar-refractivity contribution >= 4 is 44.1 Å². The number of benzene rings is 2. The number of hydrogen-bond acceptors (Lipinski definition) is 3. The molecule has 2 aromatic carbocycles. The van der Waals surface area contributed by atoms with Gasteiger partial charge in [0, 0.05) is 21.7 Å². The van der Waals surface area contributed by atoms with Crippen LogP contribution in [-0.4, -0.2) is 4.98 Å². The second-order valence-electron chi connectivity index (χ2n) is 4.26. The zero-order valence-electron chi connectivity index (χ0n) is 10.3. The molecule has 0 amide bonds. The highest BCUT2D eigenvalue weighted by Crippen LogP contribution is 2.34. The first kappa shape index (κ1) is 13.2. The molecule has 0 radical (unpaired) electrons. The Morgan fingerprint density at radius 2 is 1.90 bits per heavy atom. The summed E-state index contributed by atoms with van der Waals surface area (Å²) in [4.78, 5) is 4.28. The predicted octanol–water partition coefficient (Wildman–Crippen LogP) is 5.03. The molecule has 0 aliphatic rings. The summed E-state index contributed by atoms with van der Waals surface area (Å²) in [7, 11) is 0. The van der Waals surface area contributed by atoms with Crippen molar-refractivity contribution in [1.29, 1.82) is 0 Å². The van der Waals surface area contributed by atoms with Crippen molar-refractivity contribution in [2.24, 2.45) is 0 Å². The third kappa shape index (κ3) is 2.57. The van der Waals surface area contributed by atoms with Gasteiger partial charge in [-0.3, -0.25) is 4.98 Å². The van der Waals surface area contributed by atoms with Crippen LogP contribution in [0.4, 0.5) is 5.69 Å². The van der Waals surface area contributed by atoms with Gasteiger partial charge in [0.2, 0.25) is 0 Å². The van der Waals surface area contributed by atoms with Gasteiger partial charge in [-0.2, -0.15) is 0 Å². The maximum absolute atomic E-state index is 6.17. The fourth-order valence-electron chi connectivity index (χ4n) is 1.90. The van der Waals surface area contributed by atoms with Gasteiger partial charge in [0.1, 0.15) is 11.5 Å². The van der Waals surface area contributed by atoms with Crippen molar-refractivity contribution in [1.82, 2.24) is 4.98 Å². The molecule has 3 nitrogen and oxygen atoms in total. The molecular weight excluding hydrogens is 340 g/mol. The van der Waals surface area contributed by atoms with Crippen molar-refractivity contribution in [3.63, 3.8) is 0 Å². The zero-order valence-corrected chi connectivity index (χ0v) is 12.6. The number of aromatic nitrogens is 1. The predicted molar refractivity (Wildman–Crippen MR) is 85.4 cm³/mol. The third-order valence-corrected chi connectivity index (χ3v) is 3.63. The maximum atomic E-state index is 6.17. The van der Waals surface area contributed by atoms with Crippen molar-refractivity contribution in [3.8, 4) is 11.5 Å². The van der Waals surface area contributed by atoms with E-state index in [0.717, 1.165) is 15.4 Å². The smallest absolute Gasteiger partial charge is 0.146 e. The molecule has 0 saturated carbocycles. The first-order valence-electron chi connectivity index (χ1n) is 5.90. The molecule has 20 heavy (non-hydrogen) atoms. The van der Waals surface area contributed by atoms with E-state index in [-0.39, 0.29) is 0 Å². The quantitative estimate of drug-likeness (QED) is 0.660. The topological polar surface area (TPSA) is 48.1 Å². The minimum absolute atomic E-state index is 0.541. The summed E-state index contributed by atoms with van der Waals surface area (Å²) < 4.78 is 6.79. The summed E-state index contributed by atoms with van der Waals surface area (Å²) >= 11 is 9.53. The van der Waals surface area contributed by atoms with Gasteiger partial charge >= 0.3 is 0 Å². The standard InChI is InChI=1S/C15H10BrClN2O/c16-9-1-4-15(12(17)7-9)20-14-5-6-19-13-8-10(18)2-3-11(13)14/h1-8H,18H2. The second kappa shape index (κ2) is 5.31. The summed E-state index contributed by atoms with van der Waals surface area (Å²) in [5, 5.41) is 1.43. The highest BCUT2D eigenvalue weighted by molar-refractivity contribution is 9.10. The van der Waals surface area contributed by atoms with Crippen LogP contribution < -0.4 is 10.5 Å². The van der Waals surface area contributed by atoms with E-state index in [1.807, 2.05) is 30.3 Å². The molecule has 0 spiro atoms. The van der Waals surface area contributed by atoms with Gasteiger partial charge in [0.15, 0.2) is 0 Å². The van der Waals surface area contributed by atoms with Crippen LogP contribution >= 0.6 is 27.5 Å². The van der Waals surface area contributed by atoms with Gasteiger partial charge in [-0.05, 0) is 42.5 Å².